The van der Waals surface area contributed by atoms with Crippen LogP contribution in [0.3, 0.4) is 0 Å². The van der Waals surface area contributed by atoms with Crippen LogP contribution in [-0.4, -0.2) is 25.0 Å². The third kappa shape index (κ3) is 11.5. The molecule has 0 aliphatic carbocycles. The lowest BCUT2D eigenvalue weighted by atomic mass is 10.1. The summed E-state index contributed by atoms with van der Waals surface area (Å²) >= 11 is 0. The largest absolute Gasteiger partial charge is 0.306 e. The van der Waals surface area contributed by atoms with Gasteiger partial charge in [-0.05, 0) is 39.9 Å². The predicted molar refractivity (Wildman–Crippen MR) is 66.4 cm³/mol. The predicted octanol–water partition coefficient (Wildman–Crippen LogP) is 3.40. The molecule has 14 heavy (non-hydrogen) atoms. The first-order chi connectivity index (χ1) is 6.70. The quantitative estimate of drug-likeness (QED) is 0.611. The van der Waals surface area contributed by atoms with Gasteiger partial charge in [0.1, 0.15) is 0 Å². The van der Waals surface area contributed by atoms with E-state index in [1.165, 1.54) is 25.9 Å². The minimum Gasteiger partial charge on any atom is -0.306 e. The van der Waals surface area contributed by atoms with E-state index in [-0.39, 0.29) is 0 Å². The molecule has 0 spiro atoms. The average Bonchev–Trinajstić information content (AvgIpc) is 2.19. The van der Waals surface area contributed by atoms with Crippen LogP contribution in [0.1, 0.15) is 47.5 Å². The Hall–Kier alpha value is -0.480. The van der Waals surface area contributed by atoms with Gasteiger partial charge in [-0.3, -0.25) is 0 Å². The average molecular weight is 197 g/mol. The first-order valence-electron chi connectivity index (χ1n) is 5.81. The Morgan fingerprint density at radius 2 is 1.79 bits per heavy atom. The monoisotopic (exact) mass is 197 g/mol. The summed E-state index contributed by atoms with van der Waals surface area (Å²) in [7, 11) is 2.18. The van der Waals surface area contributed by atoms with Gasteiger partial charge in [0.2, 0.25) is 0 Å². The highest BCUT2D eigenvalue weighted by molar-refractivity contribution is 4.99. The van der Waals surface area contributed by atoms with Crippen molar-refractivity contribution in [1.29, 1.82) is 0 Å². The Labute approximate surface area is 90.9 Å². The molecule has 0 heterocycles. The lowest BCUT2D eigenvalue weighted by molar-refractivity contribution is 0.319. The second-order valence-electron chi connectivity index (χ2n) is 3.39. The van der Waals surface area contributed by atoms with Crippen LogP contribution in [0.5, 0.6) is 0 Å². The fourth-order valence-electron chi connectivity index (χ4n) is 1.23. The highest BCUT2D eigenvalue weighted by atomic mass is 15.1. The Morgan fingerprint density at radius 3 is 2.21 bits per heavy atom. The van der Waals surface area contributed by atoms with Crippen LogP contribution in [0.25, 0.3) is 0 Å². The van der Waals surface area contributed by atoms with Gasteiger partial charge < -0.3 is 4.90 Å². The zero-order chi connectivity index (χ0) is 11.4. The van der Waals surface area contributed by atoms with Gasteiger partial charge in [0.05, 0.1) is 0 Å². The lowest BCUT2D eigenvalue weighted by Gasteiger charge is -2.15. The number of rotatable bonds is 5. The second kappa shape index (κ2) is 12.5. The molecule has 0 aliphatic rings. The van der Waals surface area contributed by atoms with Gasteiger partial charge in [0, 0.05) is 5.92 Å². The molecule has 0 aromatic heterocycles. The zero-order valence-corrected chi connectivity index (χ0v) is 10.9. The molecule has 0 saturated carbocycles. The topological polar surface area (TPSA) is 3.24 Å². The second-order valence-corrected chi connectivity index (χ2v) is 3.39. The highest BCUT2D eigenvalue weighted by Gasteiger charge is 2.00. The van der Waals surface area contributed by atoms with Crippen molar-refractivity contribution in [1.82, 2.24) is 4.90 Å². The van der Waals surface area contributed by atoms with Crippen molar-refractivity contribution in [3.8, 4) is 11.8 Å². The number of nitrogens with zero attached hydrogens (tertiary/aromatic N) is 1. The van der Waals surface area contributed by atoms with Crippen molar-refractivity contribution >= 4 is 0 Å². The number of hydrogen-bond acceptors (Lipinski definition) is 1. The van der Waals surface area contributed by atoms with Crippen molar-refractivity contribution in [2.45, 2.75) is 47.5 Å². The van der Waals surface area contributed by atoms with Crippen molar-refractivity contribution in [2.75, 3.05) is 20.1 Å². The van der Waals surface area contributed by atoms with E-state index in [1.807, 2.05) is 20.8 Å². The molecule has 1 nitrogen and oxygen atoms in total. The van der Waals surface area contributed by atoms with Gasteiger partial charge in [-0.2, -0.15) is 0 Å². The van der Waals surface area contributed by atoms with Gasteiger partial charge in [0.15, 0.2) is 0 Å². The van der Waals surface area contributed by atoms with Crippen molar-refractivity contribution < 1.29 is 0 Å². The first kappa shape index (κ1) is 16.0. The minimum atomic E-state index is 0.550. The van der Waals surface area contributed by atoms with E-state index in [4.69, 9.17) is 0 Å². The van der Waals surface area contributed by atoms with Gasteiger partial charge in [0.25, 0.3) is 0 Å². The smallest absolute Gasteiger partial charge is 0.0186 e. The molecule has 0 aromatic rings. The summed E-state index contributed by atoms with van der Waals surface area (Å²) < 4.78 is 0. The maximum absolute atomic E-state index is 3.17. The summed E-state index contributed by atoms with van der Waals surface area (Å²) in [5.74, 6) is 6.67. The van der Waals surface area contributed by atoms with E-state index in [0.717, 1.165) is 0 Å². The van der Waals surface area contributed by atoms with Crippen LogP contribution < -0.4 is 0 Å². The molecule has 1 unspecified atom stereocenters. The van der Waals surface area contributed by atoms with Crippen LogP contribution in [0, 0.1) is 17.8 Å². The molecule has 0 aliphatic heterocycles. The molecule has 0 radical (unpaired) electrons. The minimum absolute atomic E-state index is 0.550. The highest BCUT2D eigenvalue weighted by Crippen LogP contribution is 2.01. The maximum atomic E-state index is 3.17. The summed E-state index contributed by atoms with van der Waals surface area (Å²) in [6.07, 6.45) is 2.43. The standard InChI is InChI=1S/C11H21N.C2H6/c1-5-7-11(3)8-10-12(4)9-6-2;1-2/h11H,6,8-10H2,1-4H3;1-2H3. The van der Waals surface area contributed by atoms with E-state index in [2.05, 4.69) is 37.6 Å². The van der Waals surface area contributed by atoms with E-state index in [0.29, 0.717) is 5.92 Å². The van der Waals surface area contributed by atoms with Gasteiger partial charge >= 0.3 is 0 Å². The Bertz CT molecular complexity index is 152. The fourth-order valence-corrected chi connectivity index (χ4v) is 1.23. The van der Waals surface area contributed by atoms with Gasteiger partial charge in [-0.25, -0.2) is 0 Å². The van der Waals surface area contributed by atoms with Crippen LogP contribution in [0.4, 0.5) is 0 Å². The molecule has 0 saturated heterocycles. The third-order valence-corrected chi connectivity index (χ3v) is 1.94. The lowest BCUT2D eigenvalue weighted by Crippen LogP contribution is -2.21. The van der Waals surface area contributed by atoms with Crippen molar-refractivity contribution in [3.05, 3.63) is 0 Å². The maximum Gasteiger partial charge on any atom is 0.0186 e. The molecular formula is C13H27N. The summed E-state index contributed by atoms with van der Waals surface area (Å²) in [6.45, 7) is 12.7. The Balaban J connectivity index is 0. The number of hydrogen-bond donors (Lipinski definition) is 0. The van der Waals surface area contributed by atoms with Crippen LogP contribution in [0.15, 0.2) is 0 Å². The van der Waals surface area contributed by atoms with Crippen molar-refractivity contribution in [3.63, 3.8) is 0 Å². The van der Waals surface area contributed by atoms with Crippen LogP contribution in [-0.2, 0) is 0 Å². The van der Waals surface area contributed by atoms with E-state index < -0.39 is 0 Å². The summed E-state index contributed by atoms with van der Waals surface area (Å²) in [5.41, 5.74) is 0. The normalized spacial score (nSPS) is 11.1. The van der Waals surface area contributed by atoms with Gasteiger partial charge in [-0.1, -0.05) is 27.7 Å². The third-order valence-electron chi connectivity index (χ3n) is 1.94. The van der Waals surface area contributed by atoms with Gasteiger partial charge in [-0.15, -0.1) is 11.8 Å². The van der Waals surface area contributed by atoms with E-state index in [9.17, 15) is 0 Å². The molecule has 0 N–H and O–H groups in total. The van der Waals surface area contributed by atoms with E-state index >= 15 is 0 Å². The SMILES string of the molecule is CC.CC#CC(C)CCN(C)CCC. The van der Waals surface area contributed by atoms with Crippen LogP contribution >= 0.6 is 0 Å². The molecule has 0 aromatic carbocycles. The molecule has 0 amide bonds. The summed E-state index contributed by atoms with van der Waals surface area (Å²) in [6, 6.07) is 0. The molecule has 0 fully saturated rings. The summed E-state index contributed by atoms with van der Waals surface area (Å²) in [4.78, 5) is 2.37. The molecular weight excluding hydrogens is 170 g/mol. The first-order valence-corrected chi connectivity index (χ1v) is 5.81. The fraction of sp³-hybridized carbons (Fsp3) is 0.846. The molecule has 0 rings (SSSR count). The zero-order valence-electron chi connectivity index (χ0n) is 10.9. The van der Waals surface area contributed by atoms with Crippen LogP contribution in [0.2, 0.25) is 0 Å². The Morgan fingerprint density at radius 1 is 1.21 bits per heavy atom. The van der Waals surface area contributed by atoms with Crippen molar-refractivity contribution in [2.24, 2.45) is 5.92 Å². The van der Waals surface area contributed by atoms with E-state index in [1.54, 1.807) is 0 Å². The molecule has 1 heteroatoms. The summed E-state index contributed by atoms with van der Waals surface area (Å²) in [5, 5.41) is 0. The molecule has 0 bridgehead atoms. The molecule has 84 valence electrons. The molecule has 1 atom stereocenters. The Kier molecular flexibility index (Phi) is 14.3.